The van der Waals surface area contributed by atoms with Gasteiger partial charge in [-0.3, -0.25) is 14.8 Å². The number of pyridine rings is 1. The predicted octanol–water partition coefficient (Wildman–Crippen LogP) is 3.00. The van der Waals surface area contributed by atoms with Crippen LogP contribution in [0.3, 0.4) is 0 Å². The number of halogens is 1. The highest BCUT2D eigenvalue weighted by molar-refractivity contribution is 5.62. The molecule has 1 fully saturated rings. The van der Waals surface area contributed by atoms with Crippen molar-refractivity contribution in [1.82, 2.24) is 19.7 Å². The van der Waals surface area contributed by atoms with Crippen LogP contribution in [0.2, 0.25) is 0 Å². The lowest BCUT2D eigenvalue weighted by Gasteiger charge is -2.42. The van der Waals surface area contributed by atoms with Gasteiger partial charge >= 0.3 is 0 Å². The molecule has 1 saturated heterocycles. The van der Waals surface area contributed by atoms with Crippen LogP contribution >= 0.6 is 0 Å². The van der Waals surface area contributed by atoms with Gasteiger partial charge in [0.2, 0.25) is 0 Å². The first-order valence-corrected chi connectivity index (χ1v) is 9.37. The number of rotatable bonds is 3. The summed E-state index contributed by atoms with van der Waals surface area (Å²) in [6.45, 7) is 3.52. The standard InChI is InChI=1S/C21H21FN4O/c22-18-6-4-15(5-7-18)21-17(9-23-24-21)13-25-10-14-8-16(12-25)19-2-1-3-20(27)26(19)11-14/h1-7,9,14,16H,8,10-13H2,(H,23,24)/t14-,16+/m0/s1. The number of hydrogen-bond acceptors (Lipinski definition) is 3. The van der Waals surface area contributed by atoms with Crippen molar-refractivity contribution < 1.29 is 4.39 Å². The van der Waals surface area contributed by atoms with Gasteiger partial charge in [0, 0.05) is 55.0 Å². The second kappa shape index (κ2) is 6.46. The van der Waals surface area contributed by atoms with Crippen LogP contribution in [0.15, 0.2) is 53.5 Å². The number of likely N-dealkylation sites (tertiary alicyclic amines) is 1. The van der Waals surface area contributed by atoms with E-state index in [0.29, 0.717) is 11.8 Å². The van der Waals surface area contributed by atoms with Crippen LogP contribution in [0.25, 0.3) is 11.3 Å². The monoisotopic (exact) mass is 364 g/mol. The van der Waals surface area contributed by atoms with Gasteiger partial charge in [-0.15, -0.1) is 0 Å². The Kier molecular flexibility index (Phi) is 3.93. The summed E-state index contributed by atoms with van der Waals surface area (Å²) in [4.78, 5) is 14.6. The number of fused-ring (bicyclic) bond motifs is 4. The number of piperidine rings is 1. The minimum absolute atomic E-state index is 0.115. The smallest absolute Gasteiger partial charge is 0.250 e. The summed E-state index contributed by atoms with van der Waals surface area (Å²) in [5.74, 6) is 0.655. The normalized spacial score (nSPS) is 21.8. The summed E-state index contributed by atoms with van der Waals surface area (Å²) in [5.41, 5.74) is 4.28. The van der Waals surface area contributed by atoms with Crippen LogP contribution in [0.5, 0.6) is 0 Å². The van der Waals surface area contributed by atoms with Gasteiger partial charge in [-0.25, -0.2) is 4.39 Å². The van der Waals surface area contributed by atoms with Crippen LogP contribution in [0.1, 0.15) is 23.6 Å². The maximum absolute atomic E-state index is 13.2. The molecule has 4 heterocycles. The van der Waals surface area contributed by atoms with Crippen LogP contribution in [0.4, 0.5) is 4.39 Å². The number of aromatic nitrogens is 3. The Balaban J connectivity index is 1.39. The van der Waals surface area contributed by atoms with E-state index < -0.39 is 0 Å². The van der Waals surface area contributed by atoms with Gasteiger partial charge < -0.3 is 4.57 Å². The fraction of sp³-hybridized carbons (Fsp3) is 0.333. The van der Waals surface area contributed by atoms with E-state index in [4.69, 9.17) is 0 Å². The first-order valence-electron chi connectivity index (χ1n) is 9.37. The summed E-state index contributed by atoms with van der Waals surface area (Å²) in [6.07, 6.45) is 3.01. The maximum Gasteiger partial charge on any atom is 0.250 e. The Labute approximate surface area is 156 Å². The minimum Gasteiger partial charge on any atom is -0.312 e. The van der Waals surface area contributed by atoms with E-state index >= 15 is 0 Å². The quantitative estimate of drug-likeness (QED) is 0.777. The third-order valence-corrected chi connectivity index (χ3v) is 5.80. The molecule has 2 bridgehead atoms. The van der Waals surface area contributed by atoms with Crippen LogP contribution in [0, 0.1) is 11.7 Å². The molecule has 0 unspecified atom stereocenters. The van der Waals surface area contributed by atoms with Crippen molar-refractivity contribution in [3.63, 3.8) is 0 Å². The van der Waals surface area contributed by atoms with Crippen molar-refractivity contribution in [2.75, 3.05) is 13.1 Å². The molecule has 5 rings (SSSR count). The van der Waals surface area contributed by atoms with Gasteiger partial charge in [0.05, 0.1) is 11.9 Å². The van der Waals surface area contributed by atoms with Gasteiger partial charge in [-0.05, 0) is 42.7 Å². The van der Waals surface area contributed by atoms with Gasteiger partial charge in [-0.2, -0.15) is 5.10 Å². The zero-order valence-electron chi connectivity index (χ0n) is 14.9. The molecule has 27 heavy (non-hydrogen) atoms. The van der Waals surface area contributed by atoms with E-state index in [1.54, 1.807) is 18.2 Å². The molecular weight excluding hydrogens is 343 g/mol. The van der Waals surface area contributed by atoms with Gasteiger partial charge in [-0.1, -0.05) is 6.07 Å². The molecule has 0 radical (unpaired) electrons. The van der Waals surface area contributed by atoms with Crippen molar-refractivity contribution in [3.05, 3.63) is 76.1 Å². The van der Waals surface area contributed by atoms with Gasteiger partial charge in [0.15, 0.2) is 0 Å². The van der Waals surface area contributed by atoms with E-state index in [1.807, 2.05) is 16.8 Å². The largest absolute Gasteiger partial charge is 0.312 e. The lowest BCUT2D eigenvalue weighted by atomic mass is 9.83. The molecule has 1 N–H and O–H groups in total. The van der Waals surface area contributed by atoms with Crippen molar-refractivity contribution in [2.24, 2.45) is 5.92 Å². The molecule has 2 atom stereocenters. The first kappa shape index (κ1) is 16.4. The molecular formula is C21H21FN4O. The Hall–Kier alpha value is -2.73. The van der Waals surface area contributed by atoms with E-state index in [1.165, 1.54) is 12.1 Å². The fourth-order valence-electron chi connectivity index (χ4n) is 4.66. The molecule has 3 aromatic rings. The zero-order chi connectivity index (χ0) is 18.4. The van der Waals surface area contributed by atoms with Gasteiger partial charge in [0.1, 0.15) is 5.82 Å². The number of H-pyrrole nitrogens is 1. The number of aromatic amines is 1. The summed E-state index contributed by atoms with van der Waals surface area (Å²) >= 11 is 0. The average molecular weight is 364 g/mol. The van der Waals surface area contributed by atoms with E-state index in [0.717, 1.165) is 55.1 Å². The van der Waals surface area contributed by atoms with E-state index in [9.17, 15) is 9.18 Å². The molecule has 6 heteroatoms. The number of nitrogens with zero attached hydrogens (tertiary/aromatic N) is 3. The summed E-state index contributed by atoms with van der Waals surface area (Å²) in [5, 5.41) is 7.28. The minimum atomic E-state index is -0.238. The molecule has 0 saturated carbocycles. The zero-order valence-corrected chi connectivity index (χ0v) is 14.9. The second-order valence-corrected chi connectivity index (χ2v) is 7.67. The Morgan fingerprint density at radius 2 is 1.96 bits per heavy atom. The lowest BCUT2D eigenvalue weighted by Crippen LogP contribution is -2.46. The molecule has 0 aliphatic carbocycles. The van der Waals surface area contributed by atoms with Crippen molar-refractivity contribution >= 4 is 0 Å². The molecule has 0 spiro atoms. The molecule has 2 aliphatic heterocycles. The number of benzene rings is 1. The maximum atomic E-state index is 13.2. The number of hydrogen-bond donors (Lipinski definition) is 1. The van der Waals surface area contributed by atoms with E-state index in [-0.39, 0.29) is 11.4 Å². The van der Waals surface area contributed by atoms with Crippen LogP contribution in [-0.2, 0) is 13.1 Å². The van der Waals surface area contributed by atoms with Crippen molar-refractivity contribution in [3.8, 4) is 11.3 Å². The summed E-state index contributed by atoms with van der Waals surface area (Å²) in [7, 11) is 0. The molecule has 2 aliphatic rings. The van der Waals surface area contributed by atoms with Crippen LogP contribution in [-0.4, -0.2) is 32.8 Å². The molecule has 2 aromatic heterocycles. The highest BCUT2D eigenvalue weighted by Gasteiger charge is 2.34. The van der Waals surface area contributed by atoms with Crippen LogP contribution < -0.4 is 5.56 Å². The topological polar surface area (TPSA) is 53.9 Å². The molecule has 1 aromatic carbocycles. The van der Waals surface area contributed by atoms with Crippen molar-refractivity contribution in [1.29, 1.82) is 0 Å². The SMILES string of the molecule is O=c1cccc2n1C[C@H]1C[C@@H]2CN(Cc2cn[nH]c2-c2ccc(F)cc2)C1. The fourth-order valence-corrected chi connectivity index (χ4v) is 4.66. The van der Waals surface area contributed by atoms with Crippen molar-refractivity contribution in [2.45, 2.75) is 25.4 Å². The summed E-state index contributed by atoms with van der Waals surface area (Å²) < 4.78 is 15.2. The third kappa shape index (κ3) is 3.00. The summed E-state index contributed by atoms with van der Waals surface area (Å²) in [6, 6.07) is 12.1. The second-order valence-electron chi connectivity index (χ2n) is 7.67. The number of nitrogens with one attached hydrogen (secondary N) is 1. The first-order chi connectivity index (χ1) is 13.2. The average Bonchev–Trinajstić information content (AvgIpc) is 3.11. The highest BCUT2D eigenvalue weighted by Crippen LogP contribution is 2.36. The Morgan fingerprint density at radius 3 is 2.81 bits per heavy atom. The van der Waals surface area contributed by atoms with E-state index in [2.05, 4.69) is 21.2 Å². The highest BCUT2D eigenvalue weighted by atomic mass is 19.1. The Morgan fingerprint density at radius 1 is 1.11 bits per heavy atom. The van der Waals surface area contributed by atoms with Gasteiger partial charge in [0.25, 0.3) is 5.56 Å². The third-order valence-electron chi connectivity index (χ3n) is 5.80. The predicted molar refractivity (Wildman–Crippen MR) is 101 cm³/mol. The molecule has 138 valence electrons. The Bertz CT molecular complexity index is 1020. The molecule has 0 amide bonds. The lowest BCUT2D eigenvalue weighted by molar-refractivity contribution is 0.114. The molecule has 5 nitrogen and oxygen atoms in total.